The number of furan rings is 1. The number of nitrogens with one attached hydrogen (secondary N) is 1. The number of halogens is 1. The third kappa shape index (κ3) is 2.76. The van der Waals surface area contributed by atoms with E-state index in [9.17, 15) is 0 Å². The molecule has 0 saturated carbocycles. The van der Waals surface area contributed by atoms with Crippen LogP contribution >= 0.6 is 15.9 Å². The van der Waals surface area contributed by atoms with Crippen LogP contribution in [0.3, 0.4) is 0 Å². The van der Waals surface area contributed by atoms with Gasteiger partial charge >= 0.3 is 0 Å². The van der Waals surface area contributed by atoms with Gasteiger partial charge in [-0.3, -0.25) is 0 Å². The van der Waals surface area contributed by atoms with Crippen LogP contribution in [0.25, 0.3) is 11.5 Å². The van der Waals surface area contributed by atoms with Crippen LogP contribution in [-0.4, -0.2) is 16.7 Å². The van der Waals surface area contributed by atoms with Crippen molar-refractivity contribution in [2.24, 2.45) is 0 Å². The molecule has 2 heterocycles. The Morgan fingerprint density at radius 1 is 1.47 bits per heavy atom. The summed E-state index contributed by atoms with van der Waals surface area (Å²) in [6.07, 6.45) is 2.64. The topological polar surface area (TPSA) is 64.1 Å². The summed E-state index contributed by atoms with van der Waals surface area (Å²) in [6.45, 7) is 5.03. The summed E-state index contributed by atoms with van der Waals surface area (Å²) in [5.74, 6) is 1.05. The lowest BCUT2D eigenvalue weighted by Gasteiger charge is -2.07. The van der Waals surface area contributed by atoms with Gasteiger partial charge in [-0.05, 0) is 41.9 Å². The minimum Gasteiger partial charge on any atom is -0.457 e. The molecule has 0 aliphatic heterocycles. The molecule has 2 rings (SSSR count). The molecule has 0 aromatic carbocycles. The highest BCUT2D eigenvalue weighted by Gasteiger charge is 2.17. The van der Waals surface area contributed by atoms with Crippen LogP contribution in [-0.2, 0) is 0 Å². The standard InChI is InChI=1S/C11H14BrN3O2/c1-3-5-13-7(2)10-14-15-11(17-10)8-4-6-16-9(8)12/h4,6-7,13H,3,5H2,1-2H3. The predicted octanol–water partition coefficient (Wildman–Crippen LogP) is 3.15. The second kappa shape index (κ2) is 5.46. The molecule has 0 fully saturated rings. The van der Waals surface area contributed by atoms with Crippen molar-refractivity contribution in [3.63, 3.8) is 0 Å². The van der Waals surface area contributed by atoms with Crippen LogP contribution in [0.1, 0.15) is 32.2 Å². The van der Waals surface area contributed by atoms with Gasteiger partial charge in [0.05, 0.1) is 17.9 Å². The fraction of sp³-hybridized carbons (Fsp3) is 0.455. The highest BCUT2D eigenvalue weighted by Crippen LogP contribution is 2.28. The van der Waals surface area contributed by atoms with E-state index < -0.39 is 0 Å². The van der Waals surface area contributed by atoms with Gasteiger partial charge in [-0.25, -0.2) is 0 Å². The van der Waals surface area contributed by atoms with Crippen LogP contribution in [0.5, 0.6) is 0 Å². The molecule has 1 unspecified atom stereocenters. The first-order valence-corrected chi connectivity index (χ1v) is 6.31. The van der Waals surface area contributed by atoms with Crippen molar-refractivity contribution in [1.82, 2.24) is 15.5 Å². The maximum Gasteiger partial charge on any atom is 0.252 e. The SMILES string of the molecule is CCCNC(C)c1nnc(-c2ccoc2Br)o1. The summed E-state index contributed by atoms with van der Waals surface area (Å²) in [6, 6.07) is 1.84. The predicted molar refractivity (Wildman–Crippen MR) is 66.4 cm³/mol. The number of hydrogen-bond donors (Lipinski definition) is 1. The van der Waals surface area contributed by atoms with Crippen molar-refractivity contribution in [2.75, 3.05) is 6.54 Å². The number of hydrogen-bond acceptors (Lipinski definition) is 5. The van der Waals surface area contributed by atoms with Gasteiger partial charge in [-0.1, -0.05) is 6.92 Å². The van der Waals surface area contributed by atoms with E-state index in [-0.39, 0.29) is 6.04 Å². The van der Waals surface area contributed by atoms with Crippen LogP contribution < -0.4 is 5.32 Å². The van der Waals surface area contributed by atoms with Crippen LogP contribution in [0.4, 0.5) is 0 Å². The van der Waals surface area contributed by atoms with Crippen molar-refractivity contribution >= 4 is 15.9 Å². The van der Waals surface area contributed by atoms with E-state index in [4.69, 9.17) is 8.83 Å². The van der Waals surface area contributed by atoms with Gasteiger partial charge in [0.25, 0.3) is 5.89 Å². The maximum absolute atomic E-state index is 5.59. The van der Waals surface area contributed by atoms with Gasteiger partial charge in [0.2, 0.25) is 5.89 Å². The molecule has 17 heavy (non-hydrogen) atoms. The molecule has 5 nitrogen and oxygen atoms in total. The summed E-state index contributed by atoms with van der Waals surface area (Å²) in [5, 5.41) is 11.3. The van der Waals surface area contributed by atoms with Gasteiger partial charge in [-0.2, -0.15) is 0 Å². The zero-order valence-electron chi connectivity index (χ0n) is 9.74. The van der Waals surface area contributed by atoms with Gasteiger partial charge in [0, 0.05) is 0 Å². The molecule has 1 N–H and O–H groups in total. The molecular formula is C11H14BrN3O2. The molecule has 0 radical (unpaired) electrons. The van der Waals surface area contributed by atoms with E-state index in [1.165, 1.54) is 0 Å². The molecule has 92 valence electrons. The molecule has 0 spiro atoms. The smallest absolute Gasteiger partial charge is 0.252 e. The molecule has 0 aliphatic rings. The van der Waals surface area contributed by atoms with Crippen LogP contribution in [0, 0.1) is 0 Å². The minimum atomic E-state index is 0.0573. The molecule has 0 aliphatic carbocycles. The summed E-state index contributed by atoms with van der Waals surface area (Å²) >= 11 is 3.28. The quantitative estimate of drug-likeness (QED) is 0.919. The van der Waals surface area contributed by atoms with Crippen molar-refractivity contribution in [3.05, 3.63) is 22.9 Å². The van der Waals surface area contributed by atoms with Gasteiger partial charge < -0.3 is 14.2 Å². The van der Waals surface area contributed by atoms with E-state index in [0.717, 1.165) is 18.5 Å². The Morgan fingerprint density at radius 2 is 2.29 bits per heavy atom. The lowest BCUT2D eigenvalue weighted by atomic mass is 10.3. The van der Waals surface area contributed by atoms with E-state index >= 15 is 0 Å². The van der Waals surface area contributed by atoms with Crippen molar-refractivity contribution in [2.45, 2.75) is 26.3 Å². The van der Waals surface area contributed by atoms with E-state index in [0.29, 0.717) is 16.5 Å². The Labute approximate surface area is 108 Å². The summed E-state index contributed by atoms with van der Waals surface area (Å²) < 4.78 is 11.3. The van der Waals surface area contributed by atoms with Gasteiger partial charge in [0.1, 0.15) is 0 Å². The van der Waals surface area contributed by atoms with Gasteiger partial charge in [-0.15, -0.1) is 10.2 Å². The van der Waals surface area contributed by atoms with Gasteiger partial charge in [0.15, 0.2) is 4.67 Å². The second-order valence-corrected chi connectivity index (χ2v) is 4.45. The molecule has 1 atom stereocenters. The second-order valence-electron chi connectivity index (χ2n) is 3.73. The number of aromatic nitrogens is 2. The number of nitrogens with zero attached hydrogens (tertiary/aromatic N) is 2. The minimum absolute atomic E-state index is 0.0573. The molecule has 0 amide bonds. The van der Waals surface area contributed by atoms with Crippen molar-refractivity contribution in [3.8, 4) is 11.5 Å². The molecular weight excluding hydrogens is 286 g/mol. The number of rotatable bonds is 5. The molecule has 2 aromatic heterocycles. The molecule has 0 bridgehead atoms. The van der Waals surface area contributed by atoms with E-state index in [1.54, 1.807) is 12.3 Å². The largest absolute Gasteiger partial charge is 0.457 e. The highest BCUT2D eigenvalue weighted by atomic mass is 79.9. The zero-order valence-corrected chi connectivity index (χ0v) is 11.3. The fourth-order valence-electron chi connectivity index (χ4n) is 1.41. The Balaban J connectivity index is 2.13. The maximum atomic E-state index is 5.59. The van der Waals surface area contributed by atoms with E-state index in [1.807, 2.05) is 6.92 Å². The average Bonchev–Trinajstić information content (AvgIpc) is 2.93. The van der Waals surface area contributed by atoms with E-state index in [2.05, 4.69) is 38.4 Å². The summed E-state index contributed by atoms with van der Waals surface area (Å²) in [5.41, 5.74) is 0.770. The highest BCUT2D eigenvalue weighted by molar-refractivity contribution is 9.10. The first-order valence-electron chi connectivity index (χ1n) is 5.52. The Kier molecular flexibility index (Phi) is 3.96. The lowest BCUT2D eigenvalue weighted by Crippen LogP contribution is -2.19. The average molecular weight is 300 g/mol. The fourth-order valence-corrected chi connectivity index (χ4v) is 1.82. The Morgan fingerprint density at radius 3 is 2.94 bits per heavy atom. The monoisotopic (exact) mass is 299 g/mol. The third-order valence-electron chi connectivity index (χ3n) is 2.36. The van der Waals surface area contributed by atoms with Crippen LogP contribution in [0.2, 0.25) is 0 Å². The zero-order chi connectivity index (χ0) is 12.3. The Hall–Kier alpha value is -1.14. The summed E-state index contributed by atoms with van der Waals surface area (Å²) in [4.78, 5) is 0. The third-order valence-corrected chi connectivity index (χ3v) is 2.97. The first kappa shape index (κ1) is 12.3. The molecule has 2 aromatic rings. The normalized spacial score (nSPS) is 12.9. The van der Waals surface area contributed by atoms with Crippen molar-refractivity contribution < 1.29 is 8.83 Å². The van der Waals surface area contributed by atoms with Crippen molar-refractivity contribution in [1.29, 1.82) is 0 Å². The lowest BCUT2D eigenvalue weighted by molar-refractivity contribution is 0.422. The molecule has 6 heteroatoms. The Bertz CT molecular complexity index is 481. The molecule has 0 saturated heterocycles. The van der Waals surface area contributed by atoms with Crippen LogP contribution in [0.15, 0.2) is 25.8 Å². The summed E-state index contributed by atoms with van der Waals surface area (Å²) in [7, 11) is 0. The first-order chi connectivity index (χ1) is 8.22.